The van der Waals surface area contributed by atoms with Gasteiger partial charge in [0, 0.05) is 6.54 Å². The SMILES string of the molecule is CCNC(=O)/C(Cl)=C(\Cl)C(=O)O. The van der Waals surface area contributed by atoms with Crippen molar-refractivity contribution in [2.45, 2.75) is 6.92 Å². The summed E-state index contributed by atoms with van der Waals surface area (Å²) < 4.78 is 0. The lowest BCUT2D eigenvalue weighted by atomic mass is 10.4. The molecule has 0 radical (unpaired) electrons. The van der Waals surface area contributed by atoms with Crippen LogP contribution >= 0.6 is 23.2 Å². The number of likely N-dealkylation sites (N-methyl/N-ethyl adjacent to an activating group) is 1. The van der Waals surface area contributed by atoms with Crippen LogP contribution in [0.4, 0.5) is 0 Å². The number of rotatable bonds is 3. The van der Waals surface area contributed by atoms with Gasteiger partial charge in [0.05, 0.1) is 0 Å². The first kappa shape index (κ1) is 11.3. The number of carbonyl (C=O) groups excluding carboxylic acids is 1. The number of nitrogens with one attached hydrogen (secondary N) is 1. The molecule has 12 heavy (non-hydrogen) atoms. The van der Waals surface area contributed by atoms with E-state index in [1.54, 1.807) is 6.92 Å². The first-order chi connectivity index (χ1) is 5.50. The number of hydrogen-bond donors (Lipinski definition) is 2. The van der Waals surface area contributed by atoms with E-state index in [1.807, 2.05) is 0 Å². The van der Waals surface area contributed by atoms with Crippen molar-refractivity contribution in [3.8, 4) is 0 Å². The summed E-state index contributed by atoms with van der Waals surface area (Å²) in [5.41, 5.74) is 0. The molecule has 68 valence electrons. The van der Waals surface area contributed by atoms with Crippen LogP contribution in [0, 0.1) is 0 Å². The van der Waals surface area contributed by atoms with Crippen LogP contribution in [0.15, 0.2) is 10.1 Å². The second kappa shape index (κ2) is 5.00. The zero-order valence-corrected chi connectivity index (χ0v) is 7.74. The van der Waals surface area contributed by atoms with Crippen LogP contribution in [0.2, 0.25) is 0 Å². The summed E-state index contributed by atoms with van der Waals surface area (Å²) in [4.78, 5) is 21.0. The van der Waals surface area contributed by atoms with Crippen molar-refractivity contribution in [1.29, 1.82) is 0 Å². The van der Waals surface area contributed by atoms with Crippen LogP contribution in [0.25, 0.3) is 0 Å². The van der Waals surface area contributed by atoms with Gasteiger partial charge in [-0.2, -0.15) is 0 Å². The number of halogens is 2. The van der Waals surface area contributed by atoms with Gasteiger partial charge in [-0.1, -0.05) is 23.2 Å². The van der Waals surface area contributed by atoms with Crippen molar-refractivity contribution in [2.75, 3.05) is 6.54 Å². The van der Waals surface area contributed by atoms with Crippen LogP contribution in [0.3, 0.4) is 0 Å². The molecule has 2 N–H and O–H groups in total. The quantitative estimate of drug-likeness (QED) is 0.683. The van der Waals surface area contributed by atoms with Gasteiger partial charge in [-0.15, -0.1) is 0 Å². The predicted octanol–water partition coefficient (Wildman–Crippen LogP) is 0.896. The molecule has 0 aromatic heterocycles. The van der Waals surface area contributed by atoms with Crippen LogP contribution in [-0.2, 0) is 9.59 Å². The molecule has 0 atom stereocenters. The number of carboxylic acid groups (broad SMARTS) is 1. The van der Waals surface area contributed by atoms with Gasteiger partial charge in [-0.3, -0.25) is 4.79 Å². The maximum atomic E-state index is 10.8. The smallest absolute Gasteiger partial charge is 0.349 e. The van der Waals surface area contributed by atoms with Crippen molar-refractivity contribution in [3.63, 3.8) is 0 Å². The molecule has 0 saturated carbocycles. The summed E-state index contributed by atoms with van der Waals surface area (Å²) in [6, 6.07) is 0. The van der Waals surface area contributed by atoms with E-state index in [4.69, 9.17) is 28.3 Å². The minimum absolute atomic E-state index is 0.360. The van der Waals surface area contributed by atoms with Crippen molar-refractivity contribution < 1.29 is 14.7 Å². The number of hydrogen-bond acceptors (Lipinski definition) is 2. The van der Waals surface area contributed by atoms with Crippen molar-refractivity contribution in [2.24, 2.45) is 0 Å². The fourth-order valence-electron chi connectivity index (χ4n) is 0.432. The number of amides is 1. The van der Waals surface area contributed by atoms with Crippen LogP contribution in [0.5, 0.6) is 0 Å². The molecule has 0 aliphatic rings. The Morgan fingerprint density at radius 3 is 2.17 bits per heavy atom. The van der Waals surface area contributed by atoms with Gasteiger partial charge in [-0.05, 0) is 6.92 Å². The zero-order valence-electron chi connectivity index (χ0n) is 6.23. The highest BCUT2D eigenvalue weighted by molar-refractivity contribution is 6.53. The van der Waals surface area contributed by atoms with Crippen LogP contribution in [0.1, 0.15) is 6.92 Å². The van der Waals surface area contributed by atoms with Crippen molar-refractivity contribution in [3.05, 3.63) is 10.1 Å². The fraction of sp³-hybridized carbons (Fsp3) is 0.333. The van der Waals surface area contributed by atoms with E-state index in [-0.39, 0.29) is 0 Å². The van der Waals surface area contributed by atoms with E-state index in [2.05, 4.69) is 5.32 Å². The molecule has 0 aromatic rings. The molecule has 0 spiro atoms. The first-order valence-corrected chi connectivity index (χ1v) is 3.83. The molecule has 0 aliphatic carbocycles. The van der Waals surface area contributed by atoms with E-state index in [1.165, 1.54) is 0 Å². The van der Waals surface area contributed by atoms with E-state index in [0.717, 1.165) is 0 Å². The van der Waals surface area contributed by atoms with Gasteiger partial charge >= 0.3 is 5.97 Å². The molecule has 0 bridgehead atoms. The Hall–Kier alpha value is -0.740. The monoisotopic (exact) mass is 211 g/mol. The average Bonchev–Trinajstić information content (AvgIpc) is 2.02. The van der Waals surface area contributed by atoms with Gasteiger partial charge in [0.25, 0.3) is 5.91 Å². The summed E-state index contributed by atoms with van der Waals surface area (Å²) >= 11 is 10.5. The van der Waals surface area contributed by atoms with E-state index < -0.39 is 21.9 Å². The third-order valence-corrected chi connectivity index (χ3v) is 1.73. The topological polar surface area (TPSA) is 66.4 Å². The normalized spacial score (nSPS) is 11.9. The highest BCUT2D eigenvalue weighted by atomic mass is 35.5. The number of aliphatic carboxylic acids is 1. The molecule has 0 unspecified atom stereocenters. The Kier molecular flexibility index (Phi) is 4.70. The summed E-state index contributed by atoms with van der Waals surface area (Å²) in [6.07, 6.45) is 0. The fourth-order valence-corrected chi connectivity index (χ4v) is 0.665. The first-order valence-electron chi connectivity index (χ1n) is 3.07. The Bertz CT molecular complexity index is 237. The second-order valence-electron chi connectivity index (χ2n) is 1.79. The van der Waals surface area contributed by atoms with Gasteiger partial charge in [0.15, 0.2) is 0 Å². The molecule has 0 fully saturated rings. The number of carboxylic acids is 1. The molecular weight excluding hydrogens is 205 g/mol. The molecule has 0 saturated heterocycles. The maximum Gasteiger partial charge on any atom is 0.349 e. The average molecular weight is 212 g/mol. The van der Waals surface area contributed by atoms with Crippen LogP contribution in [-0.4, -0.2) is 23.5 Å². The maximum absolute atomic E-state index is 10.8. The molecule has 6 heteroatoms. The predicted molar refractivity (Wildman–Crippen MR) is 45.1 cm³/mol. The zero-order chi connectivity index (χ0) is 9.72. The molecule has 0 heterocycles. The largest absolute Gasteiger partial charge is 0.477 e. The lowest BCUT2D eigenvalue weighted by Gasteiger charge is -1.99. The van der Waals surface area contributed by atoms with Crippen LogP contribution < -0.4 is 5.32 Å². The lowest BCUT2D eigenvalue weighted by molar-refractivity contribution is -0.132. The highest BCUT2D eigenvalue weighted by Gasteiger charge is 2.15. The molecule has 0 aliphatic heterocycles. The standard InChI is InChI=1S/C6H7Cl2NO3/c1-2-9-5(10)3(7)4(8)6(11)12/h2H2,1H3,(H,9,10)(H,11,12)/b4-3+. The van der Waals surface area contributed by atoms with E-state index in [9.17, 15) is 9.59 Å². The van der Waals surface area contributed by atoms with Crippen molar-refractivity contribution in [1.82, 2.24) is 5.32 Å². The minimum atomic E-state index is -1.42. The Morgan fingerprint density at radius 1 is 1.33 bits per heavy atom. The highest BCUT2D eigenvalue weighted by Crippen LogP contribution is 2.13. The lowest BCUT2D eigenvalue weighted by Crippen LogP contribution is -2.23. The third-order valence-electron chi connectivity index (χ3n) is 0.917. The minimum Gasteiger partial charge on any atom is -0.477 e. The molecule has 4 nitrogen and oxygen atoms in total. The number of carbonyl (C=O) groups is 2. The Labute approximate surface area is 79.1 Å². The third kappa shape index (κ3) is 3.11. The Balaban J connectivity index is 4.55. The van der Waals surface area contributed by atoms with Gasteiger partial charge < -0.3 is 10.4 Å². The molecular formula is C6H7Cl2NO3. The summed E-state index contributed by atoms with van der Waals surface area (Å²) in [7, 11) is 0. The second-order valence-corrected chi connectivity index (χ2v) is 2.55. The Morgan fingerprint density at radius 2 is 1.83 bits per heavy atom. The molecule has 0 aromatic carbocycles. The van der Waals surface area contributed by atoms with Crippen molar-refractivity contribution >= 4 is 35.1 Å². The summed E-state index contributed by atoms with van der Waals surface area (Å²) in [6.45, 7) is 2.04. The van der Waals surface area contributed by atoms with E-state index >= 15 is 0 Å². The van der Waals surface area contributed by atoms with E-state index in [0.29, 0.717) is 6.54 Å². The molecule has 1 amide bonds. The summed E-state index contributed by atoms with van der Waals surface area (Å²) in [5.74, 6) is -2.11. The summed E-state index contributed by atoms with van der Waals surface area (Å²) in [5, 5.41) is 9.43. The molecule has 0 rings (SSSR count). The van der Waals surface area contributed by atoms with Gasteiger partial charge in [0.1, 0.15) is 10.1 Å². The van der Waals surface area contributed by atoms with Gasteiger partial charge in [0.2, 0.25) is 0 Å². The van der Waals surface area contributed by atoms with Gasteiger partial charge in [-0.25, -0.2) is 4.79 Å².